The zero-order chi connectivity index (χ0) is 17.0. The predicted octanol–water partition coefficient (Wildman–Crippen LogP) is 1.76. The minimum atomic E-state index is -1.13. The van der Waals surface area contributed by atoms with Gasteiger partial charge in [-0.05, 0) is 33.8 Å². The molecule has 2 aliphatic rings. The first-order valence-electron chi connectivity index (χ1n) is 8.12. The van der Waals surface area contributed by atoms with Crippen LogP contribution in [0.1, 0.15) is 34.1 Å². The number of aliphatic hydroxyl groups is 1. The van der Waals surface area contributed by atoms with Gasteiger partial charge in [-0.1, -0.05) is 0 Å². The Morgan fingerprint density at radius 3 is 2.65 bits per heavy atom. The molecule has 0 aromatic heterocycles. The van der Waals surface area contributed by atoms with Gasteiger partial charge in [-0.25, -0.2) is 14.4 Å². The Hall–Kier alpha value is -1.47. The van der Waals surface area contributed by atoms with E-state index in [0.717, 1.165) is 0 Å². The van der Waals surface area contributed by atoms with Gasteiger partial charge < -0.3 is 19.6 Å². The van der Waals surface area contributed by atoms with Crippen molar-refractivity contribution >= 4 is 12.2 Å². The number of aliphatic hydroxyl groups excluding tert-OH is 1. The van der Waals surface area contributed by atoms with Gasteiger partial charge in [0.05, 0.1) is 12.9 Å². The van der Waals surface area contributed by atoms with Crippen molar-refractivity contribution in [1.29, 1.82) is 0 Å². The van der Waals surface area contributed by atoms with Crippen LogP contribution in [0.25, 0.3) is 0 Å². The summed E-state index contributed by atoms with van der Waals surface area (Å²) in [7, 11) is 0. The van der Waals surface area contributed by atoms with Gasteiger partial charge >= 0.3 is 0 Å². The van der Waals surface area contributed by atoms with E-state index in [9.17, 15) is 4.39 Å². The first-order valence-corrected chi connectivity index (χ1v) is 8.12. The van der Waals surface area contributed by atoms with Crippen molar-refractivity contribution in [2.45, 2.75) is 64.7 Å². The average molecular weight is 326 g/mol. The fourth-order valence-electron chi connectivity index (χ4n) is 2.73. The van der Waals surface area contributed by atoms with Gasteiger partial charge in [0.1, 0.15) is 25.2 Å². The van der Waals surface area contributed by atoms with E-state index in [1.165, 1.54) is 0 Å². The smallest absolute Gasteiger partial charge is 0.152 e. The van der Waals surface area contributed by atoms with Crippen molar-refractivity contribution < 1.29 is 14.2 Å². The quantitative estimate of drug-likeness (QED) is 0.618. The lowest BCUT2D eigenvalue weighted by atomic mass is 10.2. The number of hydrogen-bond donors (Lipinski definition) is 1. The van der Waals surface area contributed by atoms with Crippen LogP contribution in [0.3, 0.4) is 0 Å². The monoisotopic (exact) mass is 326 g/mol. The van der Waals surface area contributed by atoms with E-state index in [1.54, 1.807) is 6.08 Å². The van der Waals surface area contributed by atoms with Gasteiger partial charge in [-0.3, -0.25) is 0 Å². The highest BCUT2D eigenvalue weighted by atomic mass is 19.1. The van der Waals surface area contributed by atoms with Crippen molar-refractivity contribution in [3.63, 3.8) is 0 Å². The van der Waals surface area contributed by atoms with Gasteiger partial charge in [0.15, 0.2) is 5.84 Å². The number of amidine groups is 1. The van der Waals surface area contributed by atoms with Crippen LogP contribution in [-0.2, 0) is 4.74 Å². The molecule has 2 rings (SSSR count). The molecule has 1 saturated heterocycles. The summed E-state index contributed by atoms with van der Waals surface area (Å²) in [4.78, 5) is 12.8. The van der Waals surface area contributed by atoms with Crippen LogP contribution in [-0.4, -0.2) is 70.9 Å². The molecule has 2 heterocycles. The zero-order valence-electron chi connectivity index (χ0n) is 14.3. The normalized spacial score (nSPS) is 28.3. The lowest BCUT2D eigenvalue weighted by Crippen LogP contribution is -2.36. The van der Waals surface area contributed by atoms with E-state index in [2.05, 4.69) is 42.6 Å². The van der Waals surface area contributed by atoms with Gasteiger partial charge in [0.2, 0.25) is 0 Å². The Labute approximate surface area is 137 Å². The maximum absolute atomic E-state index is 13.6. The molecule has 0 amide bonds. The number of halogens is 1. The Bertz CT molecular complexity index is 471. The molecule has 2 aliphatic heterocycles. The topological polar surface area (TPSA) is 60.7 Å². The van der Waals surface area contributed by atoms with Crippen molar-refractivity contribution in [3.05, 3.63) is 12.3 Å². The summed E-state index contributed by atoms with van der Waals surface area (Å²) in [6, 6.07) is 0.736. The first kappa shape index (κ1) is 17.9. The number of alkyl halides is 1. The number of aliphatic imine (C=N–C) groups is 2. The number of ether oxygens (including phenoxy) is 1. The van der Waals surface area contributed by atoms with Crippen LogP contribution in [0.15, 0.2) is 22.3 Å². The molecule has 0 saturated carbocycles. The largest absolute Gasteiger partial charge is 0.394 e. The summed E-state index contributed by atoms with van der Waals surface area (Å²) in [5, 5.41) is 9.05. The van der Waals surface area contributed by atoms with Crippen LogP contribution in [0.5, 0.6) is 0 Å². The maximum Gasteiger partial charge on any atom is 0.152 e. The van der Waals surface area contributed by atoms with Gasteiger partial charge in [0.25, 0.3) is 0 Å². The molecule has 23 heavy (non-hydrogen) atoms. The predicted molar refractivity (Wildman–Crippen MR) is 89.1 cm³/mol. The molecule has 0 aliphatic carbocycles. The van der Waals surface area contributed by atoms with E-state index < -0.39 is 12.3 Å². The fourth-order valence-corrected chi connectivity index (χ4v) is 2.73. The minimum absolute atomic E-state index is 0.248. The molecule has 1 N–H and O–H groups in total. The maximum atomic E-state index is 13.6. The Kier molecular flexibility index (Phi) is 6.12. The fraction of sp³-hybridized carbons (Fsp3) is 0.750. The third kappa shape index (κ3) is 4.51. The molecular formula is C16H27FN4O2. The third-order valence-corrected chi connectivity index (χ3v) is 4.04. The molecule has 0 radical (unpaired) electrons. The van der Waals surface area contributed by atoms with E-state index in [1.807, 2.05) is 17.4 Å². The van der Waals surface area contributed by atoms with Crippen molar-refractivity contribution in [1.82, 2.24) is 9.80 Å². The summed E-state index contributed by atoms with van der Waals surface area (Å²) in [5.74, 6) is 0.640. The molecule has 0 aromatic carbocycles. The van der Waals surface area contributed by atoms with Gasteiger partial charge in [0, 0.05) is 24.7 Å². The molecule has 130 valence electrons. The first-order chi connectivity index (χ1) is 10.9. The highest BCUT2D eigenvalue weighted by Crippen LogP contribution is 2.26. The molecular weight excluding hydrogens is 299 g/mol. The summed E-state index contributed by atoms with van der Waals surface area (Å²) in [6.07, 6.45) is 3.44. The van der Waals surface area contributed by atoms with Crippen molar-refractivity contribution in [2.24, 2.45) is 9.98 Å². The Balaban J connectivity index is 1.91. The minimum Gasteiger partial charge on any atom is -0.394 e. The van der Waals surface area contributed by atoms with Gasteiger partial charge in [-0.15, -0.1) is 0 Å². The summed E-state index contributed by atoms with van der Waals surface area (Å²) < 4.78 is 19.1. The molecule has 1 fully saturated rings. The van der Waals surface area contributed by atoms with E-state index in [0.29, 0.717) is 24.6 Å². The number of nitrogens with zero attached hydrogens (tertiary/aromatic N) is 4. The number of hydrogen-bond acceptors (Lipinski definition) is 5. The van der Waals surface area contributed by atoms with Gasteiger partial charge in [-0.2, -0.15) is 0 Å². The average Bonchev–Trinajstić information content (AvgIpc) is 2.88. The lowest BCUT2D eigenvalue weighted by molar-refractivity contribution is -0.0568. The summed E-state index contributed by atoms with van der Waals surface area (Å²) in [6.45, 7) is 8.56. The second-order valence-corrected chi connectivity index (χ2v) is 6.43. The third-order valence-electron chi connectivity index (χ3n) is 4.04. The summed E-state index contributed by atoms with van der Waals surface area (Å²) in [5.41, 5.74) is 0. The van der Waals surface area contributed by atoms with Crippen LogP contribution >= 0.6 is 0 Å². The highest BCUT2D eigenvalue weighted by molar-refractivity contribution is 5.98. The molecule has 0 bridgehead atoms. The van der Waals surface area contributed by atoms with Crippen LogP contribution in [0, 0.1) is 0 Å². The van der Waals surface area contributed by atoms with Crippen LogP contribution < -0.4 is 0 Å². The highest BCUT2D eigenvalue weighted by Gasteiger charge is 2.37. The van der Waals surface area contributed by atoms with Crippen molar-refractivity contribution in [2.75, 3.05) is 13.3 Å². The van der Waals surface area contributed by atoms with Crippen LogP contribution in [0.2, 0.25) is 0 Å². The molecule has 0 spiro atoms. The van der Waals surface area contributed by atoms with E-state index in [4.69, 9.17) is 9.84 Å². The number of rotatable bonds is 5. The van der Waals surface area contributed by atoms with E-state index >= 15 is 0 Å². The zero-order valence-corrected chi connectivity index (χ0v) is 14.3. The second-order valence-electron chi connectivity index (χ2n) is 6.43. The molecule has 6 nitrogen and oxygen atoms in total. The summed E-state index contributed by atoms with van der Waals surface area (Å²) >= 11 is 0. The molecule has 7 heteroatoms. The molecule has 0 aromatic rings. The standard InChI is InChI=1S/C16H27FN4O2/c1-11(2)21(12(3)4)10-19-15-5-6-20(9-18-15)16-7-13(17)14(8-22)23-16/h5-6,10-14,16,22H,7-9H2,1-4H3. The van der Waals surface area contributed by atoms with Crippen LogP contribution in [0.4, 0.5) is 4.39 Å². The van der Waals surface area contributed by atoms with E-state index in [-0.39, 0.29) is 19.3 Å². The lowest BCUT2D eigenvalue weighted by Gasteiger charge is -2.29. The molecule has 3 unspecified atom stereocenters. The molecule has 3 atom stereocenters. The second kappa shape index (κ2) is 7.88. The Morgan fingerprint density at radius 1 is 1.48 bits per heavy atom. The van der Waals surface area contributed by atoms with Crippen molar-refractivity contribution in [3.8, 4) is 0 Å². The Morgan fingerprint density at radius 2 is 2.17 bits per heavy atom. The SMILES string of the molecule is CC(C)N(C=NC1=NCN(C2CC(F)C(CO)O2)C=C1)C(C)C.